The Labute approximate surface area is 278 Å². The van der Waals surface area contributed by atoms with Gasteiger partial charge in [-0.05, 0) is 36.6 Å². The van der Waals surface area contributed by atoms with Gasteiger partial charge in [0.05, 0.1) is 12.6 Å². The lowest BCUT2D eigenvalue weighted by molar-refractivity contribution is -0.270. The van der Waals surface area contributed by atoms with Crippen molar-refractivity contribution in [3.8, 4) is 0 Å². The third-order valence-electron chi connectivity index (χ3n) is 7.79. The standard InChI is InChI=1S/C29H45N2O14PS/c1-17(33)30-23-25(36)24(35)21(14-32)44-28(23)41-12-8-7-11-22(34)31-20-13-19(26(27(20)39-2)45-46(38,47)40-3)16-43-29(37)42-15-18-9-5-4-6-10-18/h4-6,9-10,19-21,23-28,32,35-36H,7-8,11-16H2,1-3H3,(H,30,33)(H,31,34)(H,38,47)/t19-,20+,21-,23-,24+,25-,26?,27-,28-,46?/m1/s1. The van der Waals surface area contributed by atoms with E-state index in [-0.39, 0.29) is 38.6 Å². The van der Waals surface area contributed by atoms with Crippen LogP contribution in [0.1, 0.15) is 38.2 Å². The molecule has 1 saturated heterocycles. The summed E-state index contributed by atoms with van der Waals surface area (Å²) in [5, 5.41) is 35.4. The predicted octanol–water partition coefficient (Wildman–Crippen LogP) is 0.239. The van der Waals surface area contributed by atoms with E-state index in [0.717, 1.165) is 5.56 Å². The third kappa shape index (κ3) is 12.0. The Balaban J connectivity index is 1.51. The second-order valence-electron chi connectivity index (χ2n) is 11.2. The van der Waals surface area contributed by atoms with Crippen molar-refractivity contribution in [2.45, 2.75) is 88.1 Å². The highest BCUT2D eigenvalue weighted by Gasteiger charge is 2.48. The molecule has 1 heterocycles. The first kappa shape index (κ1) is 39.2. The van der Waals surface area contributed by atoms with Crippen molar-refractivity contribution in [2.75, 3.05) is 34.0 Å². The lowest BCUT2D eigenvalue weighted by atomic mass is 9.97. The largest absolute Gasteiger partial charge is 0.508 e. The smallest absolute Gasteiger partial charge is 0.434 e. The number of nitrogens with one attached hydrogen (secondary N) is 2. The van der Waals surface area contributed by atoms with Crippen molar-refractivity contribution in [3.63, 3.8) is 0 Å². The van der Waals surface area contributed by atoms with Crippen molar-refractivity contribution in [1.82, 2.24) is 10.6 Å². The van der Waals surface area contributed by atoms with E-state index in [4.69, 9.17) is 44.5 Å². The monoisotopic (exact) mass is 708 g/mol. The van der Waals surface area contributed by atoms with E-state index in [9.17, 15) is 34.6 Å². The summed E-state index contributed by atoms with van der Waals surface area (Å²) in [7, 11) is 2.63. The SMILES string of the molecule is CO[C@H]1C(OP(O)(=S)OC)[C@@H](COC(=O)OCc2ccccc2)C[C@@H]1NC(=O)CCCCO[C@@H]1O[C@H](CO)[C@H](O)[C@H](O)[C@H]1NC(C)=O. The second kappa shape index (κ2) is 19.0. The molecular formula is C29H45N2O14PS. The van der Waals surface area contributed by atoms with Gasteiger partial charge in [0.1, 0.15) is 49.8 Å². The molecule has 1 saturated carbocycles. The zero-order valence-corrected chi connectivity index (χ0v) is 28.2. The van der Waals surface area contributed by atoms with Crippen molar-refractivity contribution in [3.05, 3.63) is 35.9 Å². The Hall–Kier alpha value is -2.28. The summed E-state index contributed by atoms with van der Waals surface area (Å²) in [5.41, 5.74) is 0.784. The second-order valence-corrected chi connectivity index (χ2v) is 14.1. The molecule has 2 amide bonds. The Morgan fingerprint density at radius 1 is 1.04 bits per heavy atom. The maximum absolute atomic E-state index is 12.9. The van der Waals surface area contributed by atoms with Gasteiger partial charge in [-0.15, -0.1) is 0 Å². The van der Waals surface area contributed by atoms with Crippen LogP contribution in [0, 0.1) is 5.92 Å². The first-order chi connectivity index (χ1) is 22.4. The van der Waals surface area contributed by atoms with Crippen LogP contribution in [-0.2, 0) is 60.7 Å². The first-order valence-electron chi connectivity index (χ1n) is 15.1. The summed E-state index contributed by atoms with van der Waals surface area (Å²) in [6, 6.07) is 7.44. The van der Waals surface area contributed by atoms with Gasteiger partial charge >= 0.3 is 12.9 Å². The number of benzene rings is 1. The normalized spacial score (nSPS) is 30.2. The topological polar surface area (TPSA) is 221 Å². The van der Waals surface area contributed by atoms with Gasteiger partial charge in [-0.3, -0.25) is 9.59 Å². The molecule has 47 heavy (non-hydrogen) atoms. The highest BCUT2D eigenvalue weighted by molar-refractivity contribution is 8.07. The van der Waals surface area contributed by atoms with E-state index in [1.165, 1.54) is 21.1 Å². The summed E-state index contributed by atoms with van der Waals surface area (Å²) < 4.78 is 38.0. The molecule has 2 fully saturated rings. The Kier molecular flexibility index (Phi) is 15.9. The van der Waals surface area contributed by atoms with Gasteiger partial charge < -0.3 is 63.6 Å². The Morgan fingerprint density at radius 3 is 2.40 bits per heavy atom. The number of ether oxygens (including phenoxy) is 5. The van der Waals surface area contributed by atoms with Crippen molar-refractivity contribution in [2.24, 2.45) is 5.92 Å². The molecule has 2 unspecified atom stereocenters. The molecule has 2 aliphatic rings. The molecule has 16 nitrogen and oxygen atoms in total. The zero-order valence-electron chi connectivity index (χ0n) is 26.5. The maximum Gasteiger partial charge on any atom is 0.508 e. The van der Waals surface area contributed by atoms with Crippen LogP contribution >= 0.6 is 6.72 Å². The molecule has 1 aromatic rings. The minimum absolute atomic E-state index is 0.0215. The molecule has 10 atom stereocenters. The summed E-state index contributed by atoms with van der Waals surface area (Å²) in [6.45, 7) is -3.03. The highest BCUT2D eigenvalue weighted by Crippen LogP contribution is 2.48. The minimum atomic E-state index is -3.66. The third-order valence-corrected chi connectivity index (χ3v) is 9.47. The molecule has 3 rings (SSSR count). The van der Waals surface area contributed by atoms with Gasteiger partial charge in [0.15, 0.2) is 6.29 Å². The van der Waals surface area contributed by atoms with Crippen LogP contribution in [-0.4, -0.2) is 121 Å². The minimum Gasteiger partial charge on any atom is -0.434 e. The fourth-order valence-electron chi connectivity index (χ4n) is 5.45. The fourth-order valence-corrected chi connectivity index (χ4v) is 6.43. The van der Waals surface area contributed by atoms with Gasteiger partial charge in [-0.2, -0.15) is 0 Å². The van der Waals surface area contributed by atoms with Crippen LogP contribution < -0.4 is 10.6 Å². The summed E-state index contributed by atoms with van der Waals surface area (Å²) in [5.74, 6) is -1.31. The van der Waals surface area contributed by atoms with Gasteiger partial charge in [-0.1, -0.05) is 30.3 Å². The van der Waals surface area contributed by atoms with Gasteiger partial charge in [-0.25, -0.2) is 4.79 Å². The van der Waals surface area contributed by atoms with Crippen LogP contribution in [0.3, 0.4) is 0 Å². The van der Waals surface area contributed by atoms with Crippen LogP contribution in [0.25, 0.3) is 0 Å². The lowest BCUT2D eigenvalue weighted by Gasteiger charge is -2.42. The number of hydrogen-bond donors (Lipinski definition) is 6. The molecular weight excluding hydrogens is 663 g/mol. The van der Waals surface area contributed by atoms with E-state index in [1.807, 2.05) is 18.2 Å². The lowest BCUT2D eigenvalue weighted by Crippen LogP contribution is -2.64. The average molecular weight is 709 g/mol. The maximum atomic E-state index is 12.9. The van der Waals surface area contributed by atoms with Crippen LogP contribution in [0.2, 0.25) is 0 Å². The number of carbonyl (C=O) groups is 3. The van der Waals surface area contributed by atoms with Crippen LogP contribution in [0.15, 0.2) is 30.3 Å². The Morgan fingerprint density at radius 2 is 1.77 bits per heavy atom. The summed E-state index contributed by atoms with van der Waals surface area (Å²) in [4.78, 5) is 47.1. The molecule has 1 aliphatic carbocycles. The number of carbonyl (C=O) groups excluding carboxylic acids is 3. The molecule has 1 aliphatic heterocycles. The van der Waals surface area contributed by atoms with Crippen molar-refractivity contribution in [1.29, 1.82) is 0 Å². The zero-order chi connectivity index (χ0) is 34.6. The van der Waals surface area contributed by atoms with Gasteiger partial charge in [0, 0.05) is 40.1 Å². The molecule has 1 aromatic carbocycles. The number of amides is 2. The summed E-state index contributed by atoms with van der Waals surface area (Å²) >= 11 is 5.04. The summed E-state index contributed by atoms with van der Waals surface area (Å²) in [6.07, 6.45) is -6.44. The quantitative estimate of drug-likeness (QED) is 0.0725. The van der Waals surface area contributed by atoms with Crippen molar-refractivity contribution < 1.29 is 67.3 Å². The molecule has 0 radical (unpaired) electrons. The van der Waals surface area contributed by atoms with E-state index < -0.39 is 80.2 Å². The molecule has 0 bridgehead atoms. The number of hydrogen-bond acceptors (Lipinski definition) is 14. The van der Waals surface area contributed by atoms with Gasteiger partial charge in [0.25, 0.3) is 0 Å². The molecule has 266 valence electrons. The number of aliphatic hydroxyl groups is 3. The van der Waals surface area contributed by atoms with Crippen LogP contribution in [0.5, 0.6) is 0 Å². The van der Waals surface area contributed by atoms with E-state index >= 15 is 0 Å². The number of unbranched alkanes of at least 4 members (excludes halogenated alkanes) is 1. The fraction of sp³-hybridized carbons (Fsp3) is 0.690. The molecule has 0 aromatic heterocycles. The van der Waals surface area contributed by atoms with E-state index in [1.54, 1.807) is 12.1 Å². The number of methoxy groups -OCH3 is 1. The highest BCUT2D eigenvalue weighted by atomic mass is 32.5. The molecule has 0 spiro atoms. The predicted molar refractivity (Wildman–Crippen MR) is 167 cm³/mol. The van der Waals surface area contributed by atoms with Crippen molar-refractivity contribution >= 4 is 36.5 Å². The number of aliphatic hydroxyl groups excluding tert-OH is 3. The first-order valence-corrected chi connectivity index (χ1v) is 17.7. The van der Waals surface area contributed by atoms with Gasteiger partial charge in [0.2, 0.25) is 11.8 Å². The van der Waals surface area contributed by atoms with Crippen LogP contribution in [0.4, 0.5) is 4.79 Å². The Bertz CT molecular complexity index is 1200. The van der Waals surface area contributed by atoms with E-state index in [2.05, 4.69) is 10.6 Å². The average Bonchev–Trinajstić information content (AvgIpc) is 3.36. The molecule has 6 N–H and O–H groups in total. The van der Waals surface area contributed by atoms with E-state index in [0.29, 0.717) is 12.8 Å². The molecule has 18 heteroatoms. The number of rotatable bonds is 17.